The summed E-state index contributed by atoms with van der Waals surface area (Å²) in [6, 6.07) is 6.54. The van der Waals surface area contributed by atoms with Crippen LogP contribution >= 0.6 is 0 Å². The van der Waals surface area contributed by atoms with E-state index in [0.717, 1.165) is 45.6 Å². The highest BCUT2D eigenvalue weighted by Gasteiger charge is 2.29. The van der Waals surface area contributed by atoms with Crippen LogP contribution in [-0.2, 0) is 6.42 Å². The number of urea groups is 1. The third-order valence-electron chi connectivity index (χ3n) is 5.61. The fraction of sp³-hybridized carbons (Fsp3) is 0.550. The number of likely N-dealkylation sites (tertiary alicyclic amines) is 1. The molecule has 0 saturated carbocycles. The molecule has 3 heterocycles. The first-order chi connectivity index (χ1) is 13.6. The van der Waals surface area contributed by atoms with Crippen molar-refractivity contribution in [2.75, 3.05) is 46.3 Å². The van der Waals surface area contributed by atoms with Gasteiger partial charge in [0, 0.05) is 45.7 Å². The second kappa shape index (κ2) is 8.26. The van der Waals surface area contributed by atoms with Gasteiger partial charge in [-0.1, -0.05) is 17.3 Å². The molecule has 8 heteroatoms. The van der Waals surface area contributed by atoms with E-state index < -0.39 is 0 Å². The molecule has 0 bridgehead atoms. The Morgan fingerprint density at radius 3 is 2.75 bits per heavy atom. The summed E-state index contributed by atoms with van der Waals surface area (Å²) in [6.07, 6.45) is 2.59. The second-order valence-electron chi connectivity index (χ2n) is 7.72. The van der Waals surface area contributed by atoms with Gasteiger partial charge in [-0.3, -0.25) is 0 Å². The Balaban J connectivity index is 1.37. The Labute approximate surface area is 164 Å². The Kier molecular flexibility index (Phi) is 5.57. The molecule has 150 valence electrons. The highest BCUT2D eigenvalue weighted by Crippen LogP contribution is 2.24. The fourth-order valence-corrected chi connectivity index (χ4v) is 3.94. The molecule has 28 heavy (non-hydrogen) atoms. The van der Waals surface area contributed by atoms with E-state index in [0.29, 0.717) is 24.4 Å². The van der Waals surface area contributed by atoms with Crippen molar-refractivity contribution in [1.29, 1.82) is 0 Å². The molecule has 1 unspecified atom stereocenters. The molecule has 4 rings (SSSR count). The third-order valence-corrected chi connectivity index (χ3v) is 5.61. The van der Waals surface area contributed by atoms with E-state index in [1.807, 2.05) is 9.80 Å². The average molecular weight is 387 g/mol. The SMILES string of the molecule is CN1CCN(C(=O)N2CCCC(Cc3nc(-c4ccccc4F)no3)C2)CC1. The number of carbonyl (C=O) groups excluding carboxylic acids is 1. The van der Waals surface area contributed by atoms with Crippen molar-refractivity contribution in [1.82, 2.24) is 24.8 Å². The Bertz CT molecular complexity index is 818. The monoisotopic (exact) mass is 387 g/mol. The van der Waals surface area contributed by atoms with Gasteiger partial charge in [0.25, 0.3) is 0 Å². The zero-order valence-electron chi connectivity index (χ0n) is 16.2. The molecule has 1 aromatic heterocycles. The number of benzene rings is 1. The minimum absolute atomic E-state index is 0.135. The molecule has 0 spiro atoms. The molecule has 0 N–H and O–H groups in total. The van der Waals surface area contributed by atoms with E-state index in [2.05, 4.69) is 22.1 Å². The lowest BCUT2D eigenvalue weighted by Crippen LogP contribution is -2.53. The van der Waals surface area contributed by atoms with Gasteiger partial charge in [-0.25, -0.2) is 9.18 Å². The van der Waals surface area contributed by atoms with Gasteiger partial charge in [-0.05, 0) is 37.9 Å². The lowest BCUT2D eigenvalue weighted by atomic mass is 9.95. The zero-order chi connectivity index (χ0) is 19.5. The number of hydrogen-bond acceptors (Lipinski definition) is 5. The van der Waals surface area contributed by atoms with Crippen molar-refractivity contribution in [3.05, 3.63) is 36.0 Å². The van der Waals surface area contributed by atoms with Crippen molar-refractivity contribution in [3.63, 3.8) is 0 Å². The van der Waals surface area contributed by atoms with E-state index in [-0.39, 0.29) is 23.6 Å². The zero-order valence-corrected chi connectivity index (χ0v) is 16.2. The number of amides is 2. The summed E-state index contributed by atoms with van der Waals surface area (Å²) in [5.41, 5.74) is 0.341. The number of piperazine rings is 1. The predicted molar refractivity (Wildman–Crippen MR) is 102 cm³/mol. The van der Waals surface area contributed by atoms with E-state index in [1.165, 1.54) is 6.07 Å². The second-order valence-corrected chi connectivity index (χ2v) is 7.72. The number of likely N-dealkylation sites (N-methyl/N-ethyl adjacent to an activating group) is 1. The Morgan fingerprint density at radius 1 is 1.18 bits per heavy atom. The van der Waals surface area contributed by atoms with Crippen molar-refractivity contribution in [2.24, 2.45) is 5.92 Å². The van der Waals surface area contributed by atoms with E-state index in [1.54, 1.807) is 18.2 Å². The standard InChI is InChI=1S/C20H26FN5O2/c1-24-9-11-25(12-10-24)20(27)26-8-4-5-15(14-26)13-18-22-19(23-28-18)16-6-2-3-7-17(16)21/h2-3,6-7,15H,4-5,8-14H2,1H3. The van der Waals surface area contributed by atoms with E-state index >= 15 is 0 Å². The van der Waals surface area contributed by atoms with Gasteiger partial charge in [-0.15, -0.1) is 0 Å². The number of hydrogen-bond donors (Lipinski definition) is 0. The molecule has 0 radical (unpaired) electrons. The molecule has 2 saturated heterocycles. The molecule has 7 nitrogen and oxygen atoms in total. The summed E-state index contributed by atoms with van der Waals surface area (Å²) < 4.78 is 19.3. The molecule has 0 aliphatic carbocycles. The van der Waals surface area contributed by atoms with Gasteiger partial charge in [0.1, 0.15) is 5.82 Å². The first-order valence-corrected chi connectivity index (χ1v) is 9.90. The minimum Gasteiger partial charge on any atom is -0.339 e. The number of carbonyl (C=O) groups is 1. The third kappa shape index (κ3) is 4.16. The van der Waals surface area contributed by atoms with E-state index in [4.69, 9.17) is 4.52 Å². The molecule has 2 aliphatic rings. The van der Waals surface area contributed by atoms with Gasteiger partial charge < -0.3 is 19.2 Å². The van der Waals surface area contributed by atoms with Crippen molar-refractivity contribution in [2.45, 2.75) is 19.3 Å². The first-order valence-electron chi connectivity index (χ1n) is 9.90. The van der Waals surface area contributed by atoms with E-state index in [9.17, 15) is 9.18 Å². The van der Waals surface area contributed by atoms with Crippen LogP contribution in [0.1, 0.15) is 18.7 Å². The molecule has 2 fully saturated rings. The average Bonchev–Trinajstić information content (AvgIpc) is 3.17. The van der Waals surface area contributed by atoms with Crippen LogP contribution < -0.4 is 0 Å². The number of aromatic nitrogens is 2. The molecular formula is C20H26FN5O2. The van der Waals surface area contributed by atoms with Crippen LogP contribution in [0.3, 0.4) is 0 Å². The van der Waals surface area contributed by atoms with Crippen molar-refractivity contribution >= 4 is 6.03 Å². The van der Waals surface area contributed by atoms with Crippen LogP contribution in [0.5, 0.6) is 0 Å². The topological polar surface area (TPSA) is 65.7 Å². The van der Waals surface area contributed by atoms with Crippen molar-refractivity contribution in [3.8, 4) is 11.4 Å². The highest BCUT2D eigenvalue weighted by molar-refractivity contribution is 5.74. The summed E-state index contributed by atoms with van der Waals surface area (Å²) in [7, 11) is 2.08. The van der Waals surface area contributed by atoms with Gasteiger partial charge in [0.05, 0.1) is 5.56 Å². The number of nitrogens with zero attached hydrogens (tertiary/aromatic N) is 5. The quantitative estimate of drug-likeness (QED) is 0.810. The number of piperidine rings is 1. The van der Waals surface area contributed by atoms with Gasteiger partial charge in [-0.2, -0.15) is 4.98 Å². The van der Waals surface area contributed by atoms with Gasteiger partial charge >= 0.3 is 6.03 Å². The summed E-state index contributed by atoms with van der Waals surface area (Å²) in [4.78, 5) is 23.3. The first kappa shape index (κ1) is 18.9. The van der Waals surface area contributed by atoms with Gasteiger partial charge in [0.2, 0.25) is 11.7 Å². The summed E-state index contributed by atoms with van der Waals surface area (Å²) in [5.74, 6) is 0.682. The smallest absolute Gasteiger partial charge is 0.320 e. The van der Waals surface area contributed by atoms with Crippen LogP contribution in [0.2, 0.25) is 0 Å². The fourth-order valence-electron chi connectivity index (χ4n) is 3.94. The van der Waals surface area contributed by atoms with Crippen LogP contribution in [-0.4, -0.2) is 77.2 Å². The Morgan fingerprint density at radius 2 is 1.96 bits per heavy atom. The molecule has 2 aromatic rings. The molecular weight excluding hydrogens is 361 g/mol. The largest absolute Gasteiger partial charge is 0.339 e. The normalized spacial score (nSPS) is 21.1. The van der Waals surface area contributed by atoms with Crippen LogP contribution in [0.4, 0.5) is 9.18 Å². The summed E-state index contributed by atoms with van der Waals surface area (Å²) in [5, 5.41) is 3.93. The summed E-state index contributed by atoms with van der Waals surface area (Å²) >= 11 is 0. The van der Waals surface area contributed by atoms with Crippen LogP contribution in [0.15, 0.2) is 28.8 Å². The maximum atomic E-state index is 13.9. The van der Waals surface area contributed by atoms with Crippen LogP contribution in [0, 0.1) is 11.7 Å². The highest BCUT2D eigenvalue weighted by atomic mass is 19.1. The van der Waals surface area contributed by atoms with Crippen molar-refractivity contribution < 1.29 is 13.7 Å². The molecule has 2 aliphatic heterocycles. The predicted octanol–water partition coefficient (Wildman–Crippen LogP) is 2.50. The number of halogens is 1. The number of rotatable bonds is 3. The summed E-state index contributed by atoms with van der Waals surface area (Å²) in [6.45, 7) is 4.90. The Hall–Kier alpha value is -2.48. The van der Waals surface area contributed by atoms with Gasteiger partial charge in [0.15, 0.2) is 0 Å². The molecule has 1 atom stereocenters. The van der Waals surface area contributed by atoms with Crippen LogP contribution in [0.25, 0.3) is 11.4 Å². The molecule has 2 amide bonds. The minimum atomic E-state index is -0.364. The maximum absolute atomic E-state index is 13.9. The molecule has 1 aromatic carbocycles. The maximum Gasteiger partial charge on any atom is 0.320 e. The lowest BCUT2D eigenvalue weighted by Gasteiger charge is -2.39. The lowest BCUT2D eigenvalue weighted by molar-refractivity contribution is 0.104.